The first-order valence-corrected chi connectivity index (χ1v) is 8.66. The fourth-order valence-electron chi connectivity index (χ4n) is 1.79. The van der Waals surface area contributed by atoms with Gasteiger partial charge in [0.1, 0.15) is 0 Å². The molecule has 0 aliphatic carbocycles. The second-order valence-corrected chi connectivity index (χ2v) is 7.42. The van der Waals surface area contributed by atoms with Gasteiger partial charge in [-0.25, -0.2) is 0 Å². The Bertz CT molecular complexity index is 828. The van der Waals surface area contributed by atoms with Crippen molar-refractivity contribution in [2.75, 3.05) is 17.7 Å². The Kier molecular flexibility index (Phi) is 6.02. The number of thioether (sulfide) groups is 1. The van der Waals surface area contributed by atoms with Crippen molar-refractivity contribution in [3.05, 3.63) is 33.9 Å². The van der Waals surface area contributed by atoms with Crippen molar-refractivity contribution in [3.8, 4) is 0 Å². The van der Waals surface area contributed by atoms with E-state index in [4.69, 9.17) is 0 Å². The Morgan fingerprint density at radius 1 is 1.38 bits per heavy atom. The Hall–Kier alpha value is -2.41. The molecule has 1 amide bonds. The Balaban J connectivity index is 2.18. The van der Waals surface area contributed by atoms with Crippen molar-refractivity contribution in [2.24, 2.45) is 0 Å². The lowest BCUT2D eigenvalue weighted by molar-refractivity contribution is -0.385. The second kappa shape index (κ2) is 7.86. The number of carbonyl (C=O) groups excluding carboxylic acids is 1. The number of nitrogens with zero attached hydrogens (tertiary/aromatic N) is 3. The molecule has 0 saturated carbocycles. The van der Waals surface area contributed by atoms with E-state index in [2.05, 4.69) is 20.8 Å². The lowest BCUT2D eigenvalue weighted by atomic mass is 10.1. The minimum Gasteiger partial charge on any atom is -0.363 e. The van der Waals surface area contributed by atoms with Crippen LogP contribution in [0.1, 0.15) is 12.5 Å². The van der Waals surface area contributed by atoms with Crippen LogP contribution in [-0.4, -0.2) is 33.3 Å². The molecule has 2 N–H and O–H groups in total. The van der Waals surface area contributed by atoms with Gasteiger partial charge in [0.2, 0.25) is 11.0 Å². The summed E-state index contributed by atoms with van der Waals surface area (Å²) in [5, 5.41) is 23.0. The number of halogens is 3. The van der Waals surface area contributed by atoms with Crippen molar-refractivity contribution < 1.29 is 22.9 Å². The van der Waals surface area contributed by atoms with Gasteiger partial charge in [0.05, 0.1) is 21.4 Å². The highest BCUT2D eigenvalue weighted by molar-refractivity contribution is 8.02. The number of nitro benzene ring substituents is 1. The molecule has 1 aromatic heterocycles. The molecule has 1 atom stereocenters. The van der Waals surface area contributed by atoms with Gasteiger partial charge in [0, 0.05) is 19.2 Å². The van der Waals surface area contributed by atoms with E-state index < -0.39 is 39.2 Å². The summed E-state index contributed by atoms with van der Waals surface area (Å²) in [4.78, 5) is 21.9. The van der Waals surface area contributed by atoms with E-state index in [0.717, 1.165) is 23.9 Å². The molecule has 140 valence electrons. The lowest BCUT2D eigenvalue weighted by Gasteiger charge is -2.15. The molecule has 0 aliphatic rings. The summed E-state index contributed by atoms with van der Waals surface area (Å²) in [6.07, 6.45) is -4.86. The van der Waals surface area contributed by atoms with Gasteiger partial charge >= 0.3 is 6.18 Å². The summed E-state index contributed by atoms with van der Waals surface area (Å²) < 4.78 is 39.9. The molecular weight excluding hydrogens is 395 g/mol. The van der Waals surface area contributed by atoms with Crippen molar-refractivity contribution in [2.45, 2.75) is 22.7 Å². The van der Waals surface area contributed by atoms with Crippen LogP contribution in [0.3, 0.4) is 0 Å². The quantitative estimate of drug-likeness (QED) is 0.427. The number of carbonyl (C=O) groups is 1. The Morgan fingerprint density at radius 2 is 2.08 bits per heavy atom. The highest BCUT2D eigenvalue weighted by atomic mass is 32.2. The number of aromatic nitrogens is 2. The van der Waals surface area contributed by atoms with Crippen molar-refractivity contribution in [3.63, 3.8) is 0 Å². The van der Waals surface area contributed by atoms with Crippen LogP contribution in [0.15, 0.2) is 22.5 Å². The first kappa shape index (κ1) is 19.9. The van der Waals surface area contributed by atoms with E-state index in [1.165, 1.54) is 18.3 Å². The van der Waals surface area contributed by atoms with Crippen LogP contribution in [0.5, 0.6) is 0 Å². The molecule has 0 aliphatic heterocycles. The second-order valence-electron chi connectivity index (χ2n) is 4.86. The Morgan fingerprint density at radius 3 is 2.62 bits per heavy atom. The number of benzene rings is 1. The van der Waals surface area contributed by atoms with E-state index in [1.807, 2.05) is 0 Å². The van der Waals surface area contributed by atoms with Crippen LogP contribution in [0, 0.1) is 10.1 Å². The average Bonchev–Trinajstić information content (AvgIpc) is 3.01. The van der Waals surface area contributed by atoms with Crippen LogP contribution in [0.4, 0.5) is 29.7 Å². The number of amides is 1. The molecule has 0 saturated heterocycles. The third-order valence-corrected chi connectivity index (χ3v) is 5.17. The number of anilines is 2. The standard InChI is InChI=1S/C13H12F3N5O3S2/c1-6(25-12-20-19-11(17-2)26-12)10(22)18-9-4-3-7(21(23)24)5-8(9)13(14,15)16/h3-6H,1-2H3,(H,17,19)(H,18,22)/t6-/m0/s1. The monoisotopic (exact) mass is 407 g/mol. The molecule has 1 heterocycles. The van der Waals surface area contributed by atoms with E-state index in [9.17, 15) is 28.1 Å². The minimum atomic E-state index is -4.86. The number of non-ortho nitro benzene ring substituents is 1. The molecule has 8 nitrogen and oxygen atoms in total. The van der Waals surface area contributed by atoms with Crippen LogP contribution < -0.4 is 10.6 Å². The first-order valence-electron chi connectivity index (χ1n) is 6.96. The SMILES string of the molecule is CNc1nnc(S[C@@H](C)C(=O)Nc2ccc([N+](=O)[O-])cc2C(F)(F)F)s1. The van der Waals surface area contributed by atoms with Crippen LogP contribution in [-0.2, 0) is 11.0 Å². The molecular formula is C13H12F3N5O3S2. The zero-order valence-corrected chi connectivity index (χ0v) is 15.0. The molecule has 13 heteroatoms. The fraction of sp³-hybridized carbons (Fsp3) is 0.308. The molecule has 2 rings (SSSR count). The van der Waals surface area contributed by atoms with Crippen LogP contribution >= 0.6 is 23.1 Å². The van der Waals surface area contributed by atoms with Crippen LogP contribution in [0.25, 0.3) is 0 Å². The van der Waals surface area contributed by atoms with E-state index in [-0.39, 0.29) is 0 Å². The van der Waals surface area contributed by atoms with E-state index >= 15 is 0 Å². The zero-order chi connectivity index (χ0) is 19.5. The van der Waals surface area contributed by atoms with E-state index in [1.54, 1.807) is 7.05 Å². The highest BCUT2D eigenvalue weighted by Gasteiger charge is 2.36. The molecule has 0 unspecified atom stereocenters. The van der Waals surface area contributed by atoms with Gasteiger partial charge in [-0.3, -0.25) is 14.9 Å². The van der Waals surface area contributed by atoms with Crippen molar-refractivity contribution >= 4 is 45.5 Å². The molecule has 0 fully saturated rings. The van der Waals surface area contributed by atoms with Gasteiger partial charge in [-0.2, -0.15) is 13.2 Å². The summed E-state index contributed by atoms with van der Waals surface area (Å²) >= 11 is 2.22. The third kappa shape index (κ3) is 4.82. The number of rotatable bonds is 6. The summed E-state index contributed by atoms with van der Waals surface area (Å²) in [5.41, 5.74) is -2.55. The molecule has 0 radical (unpaired) electrons. The molecule has 1 aromatic carbocycles. The summed E-state index contributed by atoms with van der Waals surface area (Å²) in [7, 11) is 1.65. The highest BCUT2D eigenvalue weighted by Crippen LogP contribution is 2.37. The summed E-state index contributed by atoms with van der Waals surface area (Å²) in [6.45, 7) is 1.50. The fourth-order valence-corrected chi connectivity index (χ4v) is 3.64. The van der Waals surface area contributed by atoms with Gasteiger partial charge in [-0.15, -0.1) is 10.2 Å². The first-order chi connectivity index (χ1) is 12.1. The predicted molar refractivity (Wildman–Crippen MR) is 91.5 cm³/mol. The topological polar surface area (TPSA) is 110 Å². The van der Waals surface area contributed by atoms with Gasteiger partial charge < -0.3 is 10.6 Å². The molecule has 2 aromatic rings. The average molecular weight is 407 g/mol. The maximum Gasteiger partial charge on any atom is 0.418 e. The molecule has 26 heavy (non-hydrogen) atoms. The maximum absolute atomic E-state index is 13.1. The van der Waals surface area contributed by atoms with Gasteiger partial charge in [-0.05, 0) is 13.0 Å². The van der Waals surface area contributed by atoms with Crippen molar-refractivity contribution in [1.29, 1.82) is 0 Å². The van der Waals surface area contributed by atoms with Crippen molar-refractivity contribution in [1.82, 2.24) is 10.2 Å². The molecule has 0 spiro atoms. The normalized spacial score (nSPS) is 12.5. The number of hydrogen-bond acceptors (Lipinski definition) is 8. The Labute approximate surface area is 153 Å². The van der Waals surface area contributed by atoms with Gasteiger partial charge in [0.15, 0.2) is 4.34 Å². The number of nitrogens with one attached hydrogen (secondary N) is 2. The van der Waals surface area contributed by atoms with E-state index in [0.29, 0.717) is 15.5 Å². The number of hydrogen-bond donors (Lipinski definition) is 2. The lowest BCUT2D eigenvalue weighted by Crippen LogP contribution is -2.24. The zero-order valence-electron chi connectivity index (χ0n) is 13.3. The number of alkyl halides is 3. The maximum atomic E-state index is 13.1. The summed E-state index contributed by atoms with van der Waals surface area (Å²) in [5.74, 6) is -0.699. The minimum absolute atomic E-state index is 0.386. The smallest absolute Gasteiger partial charge is 0.363 e. The largest absolute Gasteiger partial charge is 0.418 e. The van der Waals surface area contributed by atoms with Gasteiger partial charge in [-0.1, -0.05) is 23.1 Å². The predicted octanol–water partition coefficient (Wildman–Crippen LogP) is 3.63. The molecule has 0 bridgehead atoms. The third-order valence-electron chi connectivity index (χ3n) is 3.04. The number of nitro groups is 1. The summed E-state index contributed by atoms with van der Waals surface area (Å²) in [6, 6.07) is 2.14. The van der Waals surface area contributed by atoms with Gasteiger partial charge in [0.25, 0.3) is 5.69 Å². The van der Waals surface area contributed by atoms with Crippen LogP contribution in [0.2, 0.25) is 0 Å².